The van der Waals surface area contributed by atoms with Crippen LogP contribution in [0.15, 0.2) is 23.1 Å². The van der Waals surface area contributed by atoms with Gasteiger partial charge in [-0.2, -0.15) is 0 Å². The van der Waals surface area contributed by atoms with E-state index in [0.29, 0.717) is 16.9 Å². The number of fused-ring (bicyclic) bond motifs is 1. The van der Waals surface area contributed by atoms with Gasteiger partial charge in [-0.3, -0.25) is 14.5 Å². The molecule has 0 spiro atoms. The molecule has 0 aromatic heterocycles. The zero-order valence-electron chi connectivity index (χ0n) is 16.6. The molecule has 1 aromatic rings. The molecule has 142 valence electrons. The number of terminal acetylenes is 1. The summed E-state index contributed by atoms with van der Waals surface area (Å²) in [6.07, 6.45) is 8.12. The molecule has 0 aliphatic carbocycles. The van der Waals surface area contributed by atoms with Crippen molar-refractivity contribution in [2.45, 2.75) is 58.5 Å². The van der Waals surface area contributed by atoms with Crippen LogP contribution in [0.25, 0.3) is 6.08 Å². The summed E-state index contributed by atoms with van der Waals surface area (Å²) in [6.45, 7) is 11.3. The molecule has 0 radical (unpaired) electrons. The van der Waals surface area contributed by atoms with Gasteiger partial charge in [0.2, 0.25) is 0 Å². The van der Waals surface area contributed by atoms with Gasteiger partial charge in [-0.1, -0.05) is 18.9 Å². The Kier molecular flexibility index (Phi) is 5.14. The van der Waals surface area contributed by atoms with Crippen LogP contribution in [0.5, 0.6) is 0 Å². The number of anilines is 1. The molecule has 4 nitrogen and oxygen atoms in total. The summed E-state index contributed by atoms with van der Waals surface area (Å²) in [5.74, 6) is 2.48. The summed E-state index contributed by atoms with van der Waals surface area (Å²) in [5.41, 5.74) is 3.58. The summed E-state index contributed by atoms with van der Waals surface area (Å²) >= 11 is 0.953. The van der Waals surface area contributed by atoms with Crippen LogP contribution in [0.3, 0.4) is 0 Å². The van der Waals surface area contributed by atoms with Gasteiger partial charge >= 0.3 is 0 Å². The third-order valence-corrected chi connectivity index (χ3v) is 6.14. The summed E-state index contributed by atoms with van der Waals surface area (Å²) < 4.78 is 0. The standard InChI is InChI=1S/C22H26N2O2S/c1-7-10-23-20(25)19(27-21(23)26)12-16-8-9-18-17(11-16)15(4)13-22(5,6)24(18)14(2)3/h1,8-9,11-12,14-15H,10,13H2,2-6H3/b19-12-. The van der Waals surface area contributed by atoms with E-state index in [4.69, 9.17) is 6.42 Å². The smallest absolute Gasteiger partial charge is 0.294 e. The maximum Gasteiger partial charge on any atom is 0.294 e. The summed E-state index contributed by atoms with van der Waals surface area (Å²) in [4.78, 5) is 28.4. The van der Waals surface area contributed by atoms with Gasteiger partial charge in [0, 0.05) is 17.3 Å². The third kappa shape index (κ3) is 3.51. The first-order valence-electron chi connectivity index (χ1n) is 9.28. The van der Waals surface area contributed by atoms with E-state index < -0.39 is 0 Å². The molecule has 2 aliphatic rings. The van der Waals surface area contributed by atoms with E-state index in [2.05, 4.69) is 57.6 Å². The first-order valence-corrected chi connectivity index (χ1v) is 10.1. The van der Waals surface area contributed by atoms with Crippen molar-refractivity contribution in [3.8, 4) is 12.3 Å². The molecular weight excluding hydrogens is 356 g/mol. The van der Waals surface area contributed by atoms with Gasteiger partial charge in [0.25, 0.3) is 11.1 Å². The van der Waals surface area contributed by atoms with Gasteiger partial charge in [0.05, 0.1) is 11.4 Å². The minimum absolute atomic E-state index is 0.0155. The molecule has 1 atom stereocenters. The first-order chi connectivity index (χ1) is 12.7. The number of nitrogens with zero attached hydrogens (tertiary/aromatic N) is 2. The third-order valence-electron chi connectivity index (χ3n) is 5.24. The molecule has 1 unspecified atom stereocenters. The molecule has 5 heteroatoms. The van der Waals surface area contributed by atoms with Crippen LogP contribution in [0, 0.1) is 12.3 Å². The van der Waals surface area contributed by atoms with Crippen molar-refractivity contribution >= 4 is 34.7 Å². The second-order valence-electron chi connectivity index (χ2n) is 8.17. The number of thioether (sulfide) groups is 1. The zero-order valence-corrected chi connectivity index (χ0v) is 17.4. The summed E-state index contributed by atoms with van der Waals surface area (Å²) in [7, 11) is 0. The van der Waals surface area contributed by atoms with E-state index in [1.54, 1.807) is 6.08 Å². The van der Waals surface area contributed by atoms with E-state index in [1.165, 1.54) is 11.3 Å². The summed E-state index contributed by atoms with van der Waals surface area (Å²) in [6, 6.07) is 6.72. The highest BCUT2D eigenvalue weighted by Gasteiger charge is 2.38. The number of hydrogen-bond acceptors (Lipinski definition) is 4. The molecule has 0 saturated carbocycles. The minimum atomic E-state index is -0.307. The molecule has 3 rings (SSSR count). The van der Waals surface area contributed by atoms with E-state index in [0.717, 1.165) is 28.6 Å². The molecule has 0 N–H and O–H groups in total. The Morgan fingerprint density at radius 3 is 2.70 bits per heavy atom. The zero-order chi connectivity index (χ0) is 19.9. The lowest BCUT2D eigenvalue weighted by Crippen LogP contribution is -2.51. The Labute approximate surface area is 166 Å². The van der Waals surface area contributed by atoms with Crippen molar-refractivity contribution < 1.29 is 9.59 Å². The molecule has 2 heterocycles. The number of rotatable bonds is 3. The number of amides is 2. The number of carbonyl (C=O) groups excluding carboxylic acids is 2. The van der Waals surface area contributed by atoms with E-state index in [1.807, 2.05) is 6.07 Å². The highest BCUT2D eigenvalue weighted by molar-refractivity contribution is 8.18. The fourth-order valence-corrected chi connectivity index (χ4v) is 5.25. The van der Waals surface area contributed by atoms with E-state index >= 15 is 0 Å². The largest absolute Gasteiger partial charge is 0.364 e. The van der Waals surface area contributed by atoms with Crippen LogP contribution in [0.2, 0.25) is 0 Å². The number of benzene rings is 1. The highest BCUT2D eigenvalue weighted by Crippen LogP contribution is 2.45. The SMILES string of the molecule is C#CCN1C(=O)S/C(=C\c2ccc3c(c2)C(C)CC(C)(C)N3C(C)C)C1=O. The van der Waals surface area contributed by atoms with Crippen molar-refractivity contribution in [1.29, 1.82) is 0 Å². The number of carbonyl (C=O) groups is 2. The maximum absolute atomic E-state index is 12.4. The Bertz CT molecular complexity index is 864. The van der Waals surface area contributed by atoms with Crippen LogP contribution >= 0.6 is 11.8 Å². The maximum atomic E-state index is 12.4. The van der Waals surface area contributed by atoms with Crippen LogP contribution in [-0.4, -0.2) is 34.2 Å². The molecule has 2 amide bonds. The Balaban J connectivity index is 1.98. The molecule has 1 aromatic carbocycles. The molecule has 0 bridgehead atoms. The predicted molar refractivity (Wildman–Crippen MR) is 113 cm³/mol. The monoisotopic (exact) mass is 382 g/mol. The lowest BCUT2D eigenvalue weighted by molar-refractivity contribution is -0.122. The van der Waals surface area contributed by atoms with Crippen molar-refractivity contribution in [3.63, 3.8) is 0 Å². The van der Waals surface area contributed by atoms with Gasteiger partial charge in [-0.15, -0.1) is 6.42 Å². The fraction of sp³-hybridized carbons (Fsp3) is 0.455. The molecule has 1 saturated heterocycles. The Morgan fingerprint density at radius 1 is 1.37 bits per heavy atom. The van der Waals surface area contributed by atoms with Crippen LogP contribution in [0.4, 0.5) is 10.5 Å². The fourth-order valence-electron chi connectivity index (χ4n) is 4.42. The van der Waals surface area contributed by atoms with Gasteiger partial charge in [0.15, 0.2) is 0 Å². The molecule has 2 aliphatic heterocycles. The normalized spacial score (nSPS) is 23.1. The van der Waals surface area contributed by atoms with Crippen LogP contribution in [-0.2, 0) is 4.79 Å². The highest BCUT2D eigenvalue weighted by atomic mass is 32.2. The Hall–Kier alpha value is -2.19. The predicted octanol–water partition coefficient (Wildman–Crippen LogP) is 4.86. The topological polar surface area (TPSA) is 40.6 Å². The van der Waals surface area contributed by atoms with Crippen LogP contribution in [0.1, 0.15) is 58.1 Å². The quantitative estimate of drug-likeness (QED) is 0.553. The minimum Gasteiger partial charge on any atom is -0.364 e. The van der Waals surface area contributed by atoms with E-state index in [-0.39, 0.29) is 23.2 Å². The lowest BCUT2D eigenvalue weighted by Gasteiger charge is -2.50. The molecule has 1 fully saturated rings. The second kappa shape index (κ2) is 7.09. The van der Waals surface area contributed by atoms with Gasteiger partial charge in [-0.25, -0.2) is 0 Å². The average molecular weight is 383 g/mol. The van der Waals surface area contributed by atoms with Gasteiger partial charge in [-0.05, 0) is 81.1 Å². The number of hydrogen-bond donors (Lipinski definition) is 0. The number of imide groups is 1. The van der Waals surface area contributed by atoms with Gasteiger partial charge in [0.1, 0.15) is 0 Å². The van der Waals surface area contributed by atoms with E-state index in [9.17, 15) is 9.59 Å². The van der Waals surface area contributed by atoms with Crippen molar-refractivity contribution in [2.24, 2.45) is 0 Å². The van der Waals surface area contributed by atoms with Crippen molar-refractivity contribution in [3.05, 3.63) is 34.2 Å². The lowest BCUT2D eigenvalue weighted by atomic mass is 9.79. The Morgan fingerprint density at radius 2 is 2.07 bits per heavy atom. The summed E-state index contributed by atoms with van der Waals surface area (Å²) in [5, 5.41) is -0.303. The first kappa shape index (κ1) is 19.6. The second-order valence-corrected chi connectivity index (χ2v) is 9.16. The molecular formula is C22H26N2O2S. The van der Waals surface area contributed by atoms with Crippen molar-refractivity contribution in [1.82, 2.24) is 4.90 Å². The molecule has 27 heavy (non-hydrogen) atoms. The average Bonchev–Trinajstić information content (AvgIpc) is 2.82. The van der Waals surface area contributed by atoms with Gasteiger partial charge < -0.3 is 4.90 Å². The van der Waals surface area contributed by atoms with Crippen molar-refractivity contribution in [2.75, 3.05) is 11.4 Å². The van der Waals surface area contributed by atoms with Crippen LogP contribution < -0.4 is 4.90 Å².